The van der Waals surface area contributed by atoms with Crippen LogP contribution in [0.15, 0.2) is 60.9 Å². The van der Waals surface area contributed by atoms with Crippen molar-refractivity contribution in [3.05, 3.63) is 77.3 Å². The minimum atomic E-state index is -0.458. The number of carbonyl (C=O) groups excluding carboxylic acids is 1. The van der Waals surface area contributed by atoms with Crippen LogP contribution in [0.1, 0.15) is 10.4 Å². The van der Waals surface area contributed by atoms with E-state index in [1.165, 1.54) is 34.4 Å². The molecule has 0 saturated heterocycles. The molecular weight excluding hydrogens is 387 g/mol. The number of hydrogen-bond acceptors (Lipinski definition) is 4. The average Bonchev–Trinajstić information content (AvgIpc) is 3.32. The largest absolute Gasteiger partial charge is 0.282 e. The van der Waals surface area contributed by atoms with Gasteiger partial charge in [-0.3, -0.25) is 14.4 Å². The predicted octanol–water partition coefficient (Wildman–Crippen LogP) is 4.63. The molecule has 0 fully saturated rings. The number of anilines is 1. The molecule has 4 rings (SSSR count). The number of thiazole rings is 1. The monoisotopic (exact) mass is 400 g/mol. The molecule has 0 spiro atoms. The highest BCUT2D eigenvalue weighted by atomic mass is 35.5. The van der Waals surface area contributed by atoms with E-state index in [0.29, 0.717) is 28.8 Å². The number of amides is 1. The third-order valence-electron chi connectivity index (χ3n) is 4.02. The number of halogens is 2. The lowest BCUT2D eigenvalue weighted by Crippen LogP contribution is -2.34. The molecule has 4 aromatic rings. The zero-order valence-corrected chi connectivity index (χ0v) is 15.6. The van der Waals surface area contributed by atoms with Crippen molar-refractivity contribution in [2.45, 2.75) is 6.54 Å². The van der Waals surface area contributed by atoms with Gasteiger partial charge in [-0.2, -0.15) is 5.10 Å². The molecule has 2 aromatic carbocycles. The summed E-state index contributed by atoms with van der Waals surface area (Å²) < 4.78 is 16.2. The van der Waals surface area contributed by atoms with Gasteiger partial charge >= 0.3 is 0 Å². The fourth-order valence-corrected chi connectivity index (χ4v) is 4.00. The van der Waals surface area contributed by atoms with Crippen molar-refractivity contribution in [3.8, 4) is 0 Å². The molecule has 0 N–H and O–H groups in total. The first-order valence-electron chi connectivity index (χ1n) is 8.22. The Labute approximate surface area is 163 Å². The van der Waals surface area contributed by atoms with E-state index in [9.17, 15) is 9.18 Å². The van der Waals surface area contributed by atoms with Gasteiger partial charge in [0, 0.05) is 24.5 Å². The molecule has 5 nitrogen and oxygen atoms in total. The average molecular weight is 401 g/mol. The Balaban J connectivity index is 1.72. The van der Waals surface area contributed by atoms with Gasteiger partial charge in [-0.05, 0) is 36.4 Å². The normalized spacial score (nSPS) is 11.0. The van der Waals surface area contributed by atoms with Gasteiger partial charge in [-0.1, -0.05) is 35.1 Å². The molecular formula is C19H14ClFN4OS. The maximum Gasteiger partial charge on any atom is 0.260 e. The number of rotatable bonds is 5. The maximum absolute atomic E-state index is 13.6. The molecule has 0 saturated carbocycles. The van der Waals surface area contributed by atoms with E-state index in [-0.39, 0.29) is 11.5 Å². The van der Waals surface area contributed by atoms with Crippen molar-refractivity contribution in [1.82, 2.24) is 14.8 Å². The Bertz CT molecular complexity index is 1100. The number of hydrogen-bond donors (Lipinski definition) is 0. The van der Waals surface area contributed by atoms with E-state index in [1.807, 2.05) is 24.4 Å². The molecule has 8 heteroatoms. The summed E-state index contributed by atoms with van der Waals surface area (Å²) in [5.41, 5.74) is 0.913. The lowest BCUT2D eigenvalue weighted by molar-refractivity contribution is 0.0985. The summed E-state index contributed by atoms with van der Waals surface area (Å²) in [5, 5.41) is 5.21. The number of carbonyl (C=O) groups is 1. The van der Waals surface area contributed by atoms with Crippen LogP contribution in [-0.2, 0) is 6.54 Å². The minimum Gasteiger partial charge on any atom is -0.282 e. The summed E-state index contributed by atoms with van der Waals surface area (Å²) in [6, 6.07) is 13.0. The molecule has 0 bridgehead atoms. The highest BCUT2D eigenvalue weighted by Crippen LogP contribution is 2.33. The number of benzene rings is 2. The molecule has 2 heterocycles. The Hall–Kier alpha value is -2.77. The van der Waals surface area contributed by atoms with Gasteiger partial charge in [-0.25, -0.2) is 9.37 Å². The van der Waals surface area contributed by atoms with Crippen molar-refractivity contribution in [2.75, 3.05) is 11.4 Å². The van der Waals surface area contributed by atoms with Crippen LogP contribution in [-0.4, -0.2) is 27.2 Å². The van der Waals surface area contributed by atoms with Crippen molar-refractivity contribution in [3.63, 3.8) is 0 Å². The highest BCUT2D eigenvalue weighted by Gasteiger charge is 2.22. The second-order valence-corrected chi connectivity index (χ2v) is 7.24. The van der Waals surface area contributed by atoms with Gasteiger partial charge in [0.1, 0.15) is 11.3 Å². The van der Waals surface area contributed by atoms with Gasteiger partial charge in [-0.15, -0.1) is 0 Å². The topological polar surface area (TPSA) is 51.0 Å². The predicted molar refractivity (Wildman–Crippen MR) is 105 cm³/mol. The minimum absolute atomic E-state index is 0.265. The quantitative estimate of drug-likeness (QED) is 0.490. The highest BCUT2D eigenvalue weighted by molar-refractivity contribution is 7.22. The second kappa shape index (κ2) is 7.46. The Morgan fingerprint density at radius 3 is 2.81 bits per heavy atom. The van der Waals surface area contributed by atoms with E-state index >= 15 is 0 Å². The number of aromatic nitrogens is 3. The first-order chi connectivity index (χ1) is 13.1. The molecule has 0 aliphatic rings. The lowest BCUT2D eigenvalue weighted by Gasteiger charge is -2.20. The molecule has 1 amide bonds. The van der Waals surface area contributed by atoms with E-state index < -0.39 is 5.82 Å². The maximum atomic E-state index is 13.6. The van der Waals surface area contributed by atoms with Crippen LogP contribution >= 0.6 is 22.9 Å². The van der Waals surface area contributed by atoms with Crippen LogP contribution in [0.3, 0.4) is 0 Å². The van der Waals surface area contributed by atoms with Crippen molar-refractivity contribution in [1.29, 1.82) is 0 Å². The fraction of sp³-hybridized carbons (Fsp3) is 0.105. The van der Waals surface area contributed by atoms with Gasteiger partial charge < -0.3 is 0 Å². The smallest absolute Gasteiger partial charge is 0.260 e. The van der Waals surface area contributed by atoms with E-state index in [2.05, 4.69) is 10.1 Å². The Morgan fingerprint density at radius 2 is 2.07 bits per heavy atom. The van der Waals surface area contributed by atoms with E-state index in [0.717, 1.165) is 4.70 Å². The molecule has 27 heavy (non-hydrogen) atoms. The zero-order chi connectivity index (χ0) is 18.8. The summed E-state index contributed by atoms with van der Waals surface area (Å²) >= 11 is 7.60. The zero-order valence-electron chi connectivity index (χ0n) is 14.0. The Morgan fingerprint density at radius 1 is 1.22 bits per heavy atom. The Kier molecular flexibility index (Phi) is 4.87. The molecule has 2 aromatic heterocycles. The van der Waals surface area contributed by atoms with Gasteiger partial charge in [0.25, 0.3) is 5.91 Å². The molecule has 0 atom stereocenters. The van der Waals surface area contributed by atoms with Crippen molar-refractivity contribution >= 4 is 44.2 Å². The van der Waals surface area contributed by atoms with Crippen LogP contribution in [0.2, 0.25) is 5.02 Å². The lowest BCUT2D eigenvalue weighted by atomic mass is 10.2. The standard InChI is InChI=1S/C19H14ClFN4OS/c20-15-6-2-7-16-17(15)23-19(27-16)25(11-10-24-9-3-8-22-24)18(26)13-4-1-5-14(21)12-13/h1-9,12H,10-11H2. The molecule has 0 radical (unpaired) electrons. The summed E-state index contributed by atoms with van der Waals surface area (Å²) in [6.07, 6.45) is 3.50. The summed E-state index contributed by atoms with van der Waals surface area (Å²) in [5.74, 6) is -0.781. The van der Waals surface area contributed by atoms with Crippen LogP contribution in [0.5, 0.6) is 0 Å². The van der Waals surface area contributed by atoms with Gasteiger partial charge in [0.05, 0.1) is 16.3 Å². The second-order valence-electron chi connectivity index (χ2n) is 5.82. The fourth-order valence-electron chi connectivity index (χ4n) is 2.72. The van der Waals surface area contributed by atoms with Crippen LogP contribution in [0.4, 0.5) is 9.52 Å². The number of nitrogens with zero attached hydrogens (tertiary/aromatic N) is 4. The first kappa shape index (κ1) is 17.6. The van der Waals surface area contributed by atoms with E-state index in [4.69, 9.17) is 11.6 Å². The van der Waals surface area contributed by atoms with Gasteiger partial charge in [0.2, 0.25) is 0 Å². The third-order valence-corrected chi connectivity index (χ3v) is 5.37. The molecule has 136 valence electrons. The molecule has 0 aliphatic carbocycles. The summed E-state index contributed by atoms with van der Waals surface area (Å²) in [6.45, 7) is 0.826. The van der Waals surface area contributed by atoms with E-state index in [1.54, 1.807) is 23.0 Å². The third kappa shape index (κ3) is 3.70. The van der Waals surface area contributed by atoms with Crippen LogP contribution in [0.25, 0.3) is 10.2 Å². The van der Waals surface area contributed by atoms with Gasteiger partial charge in [0.15, 0.2) is 5.13 Å². The number of para-hydroxylation sites is 1. The van der Waals surface area contributed by atoms with Crippen LogP contribution < -0.4 is 4.90 Å². The first-order valence-corrected chi connectivity index (χ1v) is 9.41. The molecule has 0 aliphatic heterocycles. The summed E-state index contributed by atoms with van der Waals surface area (Å²) in [7, 11) is 0. The van der Waals surface area contributed by atoms with Crippen LogP contribution in [0, 0.1) is 5.82 Å². The van der Waals surface area contributed by atoms with Crippen molar-refractivity contribution in [2.24, 2.45) is 0 Å². The molecule has 0 unspecified atom stereocenters. The summed E-state index contributed by atoms with van der Waals surface area (Å²) in [4.78, 5) is 19.2. The SMILES string of the molecule is O=C(c1cccc(F)c1)N(CCn1cccn1)c1nc2c(Cl)cccc2s1. The number of fused-ring (bicyclic) bond motifs is 1. The van der Waals surface area contributed by atoms with Crippen molar-refractivity contribution < 1.29 is 9.18 Å².